The second-order valence-corrected chi connectivity index (χ2v) is 11.2. The summed E-state index contributed by atoms with van der Waals surface area (Å²) in [6.45, 7) is 4.08. The molecule has 0 spiro atoms. The van der Waals surface area contributed by atoms with E-state index in [1.165, 1.54) is 0 Å². The fraction of sp³-hybridized carbons (Fsp3) is 0.172. The molecule has 1 amide bonds. The van der Waals surface area contributed by atoms with Gasteiger partial charge in [-0.1, -0.05) is 36.4 Å². The van der Waals surface area contributed by atoms with Crippen LogP contribution in [0.15, 0.2) is 102 Å². The van der Waals surface area contributed by atoms with Gasteiger partial charge in [0.2, 0.25) is 0 Å². The molecule has 0 aliphatic heterocycles. The van der Waals surface area contributed by atoms with Crippen molar-refractivity contribution in [3.8, 4) is 11.1 Å². The minimum atomic E-state index is -3.35. The maximum absolute atomic E-state index is 13.1. The largest absolute Gasteiger partial charge is 0.385 e. The fourth-order valence-electron chi connectivity index (χ4n) is 3.78. The van der Waals surface area contributed by atoms with E-state index in [2.05, 4.69) is 15.6 Å². The minimum absolute atomic E-state index is 0.236. The van der Waals surface area contributed by atoms with E-state index in [4.69, 9.17) is 0 Å². The summed E-state index contributed by atoms with van der Waals surface area (Å²) >= 11 is 0. The molecule has 4 aromatic rings. The van der Waals surface area contributed by atoms with Crippen LogP contribution in [0, 0.1) is 0 Å². The topological polar surface area (TPSA) is 88.2 Å². The molecular weight excluding hydrogens is 470 g/mol. The number of carbonyl (C=O) groups excluding carboxylic acids is 1. The molecule has 36 heavy (non-hydrogen) atoms. The van der Waals surface area contributed by atoms with Crippen LogP contribution in [0.25, 0.3) is 11.1 Å². The summed E-state index contributed by atoms with van der Waals surface area (Å²) in [6, 6.07) is 27.4. The van der Waals surface area contributed by atoms with Gasteiger partial charge >= 0.3 is 0 Å². The third-order valence-electron chi connectivity index (χ3n) is 5.87. The Morgan fingerprint density at radius 1 is 0.833 bits per heavy atom. The summed E-state index contributed by atoms with van der Waals surface area (Å²) < 4.78 is 24.9. The second kappa shape index (κ2) is 11.2. The highest BCUT2D eigenvalue weighted by Crippen LogP contribution is 2.27. The van der Waals surface area contributed by atoms with E-state index >= 15 is 0 Å². The van der Waals surface area contributed by atoms with Gasteiger partial charge in [0.25, 0.3) is 5.91 Å². The first-order valence-electron chi connectivity index (χ1n) is 11.8. The van der Waals surface area contributed by atoms with Crippen LogP contribution >= 0.6 is 0 Å². The van der Waals surface area contributed by atoms with E-state index in [1.807, 2.05) is 60.7 Å². The minimum Gasteiger partial charge on any atom is -0.385 e. The van der Waals surface area contributed by atoms with Crippen molar-refractivity contribution in [2.75, 3.05) is 17.2 Å². The maximum Gasteiger partial charge on any atom is 0.256 e. The Hall–Kier alpha value is -3.97. The molecule has 0 unspecified atom stereocenters. The molecular formula is C29H29N3O3S. The molecule has 6 nitrogen and oxygen atoms in total. The Labute approximate surface area is 212 Å². The highest BCUT2D eigenvalue weighted by molar-refractivity contribution is 7.92. The van der Waals surface area contributed by atoms with Crippen molar-refractivity contribution in [1.29, 1.82) is 0 Å². The number of sulfone groups is 1. The summed E-state index contributed by atoms with van der Waals surface area (Å²) in [6.07, 6.45) is 2.61. The Bertz CT molecular complexity index is 1420. The predicted octanol–water partition coefficient (Wildman–Crippen LogP) is 5.84. The van der Waals surface area contributed by atoms with Crippen LogP contribution in [0.1, 0.15) is 29.9 Å². The summed E-state index contributed by atoms with van der Waals surface area (Å²) in [5, 5.41) is 5.82. The number of nitrogens with zero attached hydrogens (tertiary/aromatic N) is 1. The number of hydrogen-bond acceptors (Lipinski definition) is 5. The first-order valence-corrected chi connectivity index (χ1v) is 13.4. The van der Waals surface area contributed by atoms with Gasteiger partial charge in [0, 0.05) is 41.8 Å². The maximum atomic E-state index is 13.1. The number of carbonyl (C=O) groups is 1. The fourth-order valence-corrected chi connectivity index (χ4v) is 4.84. The number of nitrogens with one attached hydrogen (secondary N) is 2. The molecule has 0 bridgehead atoms. The molecule has 3 aromatic carbocycles. The molecule has 0 fully saturated rings. The smallest absolute Gasteiger partial charge is 0.256 e. The summed E-state index contributed by atoms with van der Waals surface area (Å²) in [4.78, 5) is 17.7. The van der Waals surface area contributed by atoms with Gasteiger partial charge in [-0.3, -0.25) is 9.78 Å². The van der Waals surface area contributed by atoms with E-state index in [9.17, 15) is 13.2 Å². The molecule has 7 heteroatoms. The zero-order chi connectivity index (χ0) is 25.5. The van der Waals surface area contributed by atoms with Crippen LogP contribution in [-0.2, 0) is 16.3 Å². The van der Waals surface area contributed by atoms with Crippen molar-refractivity contribution < 1.29 is 13.2 Å². The number of hydrogen-bond donors (Lipinski definition) is 2. The number of rotatable bonds is 9. The molecule has 184 valence electrons. The SMILES string of the molecule is CC(C)S(=O)(=O)c1ccc(-c2ccccc2C(=O)Nc2ccc(NCCc3ccccn3)cc2)cc1. The third-order valence-corrected chi connectivity index (χ3v) is 8.04. The molecule has 2 N–H and O–H groups in total. The van der Waals surface area contributed by atoms with E-state index in [-0.39, 0.29) is 10.8 Å². The Morgan fingerprint density at radius 3 is 2.17 bits per heavy atom. The lowest BCUT2D eigenvalue weighted by atomic mass is 9.99. The van der Waals surface area contributed by atoms with Gasteiger partial charge in [-0.25, -0.2) is 8.42 Å². The number of pyridine rings is 1. The van der Waals surface area contributed by atoms with Crippen molar-refractivity contribution in [2.45, 2.75) is 30.4 Å². The average Bonchev–Trinajstić information content (AvgIpc) is 2.90. The normalized spacial score (nSPS) is 11.3. The molecule has 0 aliphatic rings. The van der Waals surface area contributed by atoms with Gasteiger partial charge in [-0.05, 0) is 79.6 Å². The molecule has 0 radical (unpaired) electrons. The molecule has 1 heterocycles. The first kappa shape index (κ1) is 25.1. The lowest BCUT2D eigenvalue weighted by molar-refractivity contribution is 0.102. The van der Waals surface area contributed by atoms with Crippen LogP contribution in [0.5, 0.6) is 0 Å². The Kier molecular flexibility index (Phi) is 7.80. The van der Waals surface area contributed by atoms with Gasteiger partial charge in [0.05, 0.1) is 10.1 Å². The number of aromatic nitrogens is 1. The lowest BCUT2D eigenvalue weighted by Crippen LogP contribution is -2.14. The standard InChI is InChI=1S/C29H29N3O3S/c1-21(2)36(34,35)26-16-10-22(11-17-26)27-8-3-4-9-28(27)29(33)32-25-14-12-24(13-15-25)31-20-18-23-7-5-6-19-30-23/h3-17,19,21,31H,18,20H2,1-2H3,(H,32,33). The van der Waals surface area contributed by atoms with Crippen molar-refractivity contribution >= 4 is 27.1 Å². The van der Waals surface area contributed by atoms with Crippen LogP contribution in [0.4, 0.5) is 11.4 Å². The van der Waals surface area contributed by atoms with Crippen molar-refractivity contribution in [1.82, 2.24) is 4.98 Å². The van der Waals surface area contributed by atoms with E-state index in [0.717, 1.165) is 35.5 Å². The zero-order valence-corrected chi connectivity index (χ0v) is 21.1. The molecule has 0 saturated carbocycles. The predicted molar refractivity (Wildman–Crippen MR) is 145 cm³/mol. The van der Waals surface area contributed by atoms with Gasteiger partial charge in [0.1, 0.15) is 0 Å². The van der Waals surface area contributed by atoms with Gasteiger partial charge < -0.3 is 10.6 Å². The van der Waals surface area contributed by atoms with E-state index in [0.29, 0.717) is 11.3 Å². The molecule has 4 rings (SSSR count). The second-order valence-electron chi connectivity index (χ2n) is 8.69. The van der Waals surface area contributed by atoms with Crippen LogP contribution in [0.3, 0.4) is 0 Å². The highest BCUT2D eigenvalue weighted by Gasteiger charge is 2.19. The molecule has 0 atom stereocenters. The van der Waals surface area contributed by atoms with Gasteiger partial charge in [0.15, 0.2) is 9.84 Å². The summed E-state index contributed by atoms with van der Waals surface area (Å²) in [5.41, 5.74) is 4.69. The van der Waals surface area contributed by atoms with Crippen LogP contribution < -0.4 is 10.6 Å². The Balaban J connectivity index is 1.43. The quantitative estimate of drug-likeness (QED) is 0.302. The summed E-state index contributed by atoms with van der Waals surface area (Å²) in [5.74, 6) is -0.236. The van der Waals surface area contributed by atoms with Gasteiger partial charge in [-0.15, -0.1) is 0 Å². The number of amides is 1. The number of anilines is 2. The van der Waals surface area contributed by atoms with Crippen LogP contribution in [0.2, 0.25) is 0 Å². The van der Waals surface area contributed by atoms with Gasteiger partial charge in [-0.2, -0.15) is 0 Å². The first-order chi connectivity index (χ1) is 17.3. The van der Waals surface area contributed by atoms with E-state index < -0.39 is 15.1 Å². The van der Waals surface area contributed by atoms with Crippen LogP contribution in [-0.4, -0.2) is 31.1 Å². The third kappa shape index (κ3) is 5.98. The van der Waals surface area contributed by atoms with E-state index in [1.54, 1.807) is 50.4 Å². The van der Waals surface area contributed by atoms with Crippen molar-refractivity contribution in [3.05, 3.63) is 108 Å². The monoisotopic (exact) mass is 499 g/mol. The average molecular weight is 500 g/mol. The van der Waals surface area contributed by atoms with Crippen molar-refractivity contribution in [2.24, 2.45) is 0 Å². The van der Waals surface area contributed by atoms with Crippen molar-refractivity contribution in [3.63, 3.8) is 0 Å². The zero-order valence-electron chi connectivity index (χ0n) is 20.3. The lowest BCUT2D eigenvalue weighted by Gasteiger charge is -2.13. The molecule has 0 aliphatic carbocycles. The highest BCUT2D eigenvalue weighted by atomic mass is 32.2. The number of benzene rings is 3. The molecule has 1 aromatic heterocycles. The summed E-state index contributed by atoms with van der Waals surface area (Å²) in [7, 11) is -3.35. The molecule has 0 saturated heterocycles. The Morgan fingerprint density at radius 2 is 1.50 bits per heavy atom.